The summed E-state index contributed by atoms with van der Waals surface area (Å²) in [6.07, 6.45) is 0.931. The quantitative estimate of drug-likeness (QED) is 0.571. The van der Waals surface area contributed by atoms with Crippen LogP contribution in [0.2, 0.25) is 0 Å². The van der Waals surface area contributed by atoms with E-state index in [2.05, 4.69) is 0 Å². The molecule has 2 aromatic rings. The van der Waals surface area contributed by atoms with E-state index in [9.17, 15) is 24.6 Å². The number of benzene rings is 2. The van der Waals surface area contributed by atoms with Crippen LogP contribution in [-0.2, 0) is 27.4 Å². The van der Waals surface area contributed by atoms with Gasteiger partial charge >= 0.3 is 11.9 Å². The largest absolute Gasteiger partial charge is 0.489 e. The fraction of sp³-hybridized carbons (Fsp3) is 0.444. The molecule has 0 radical (unpaired) electrons. The number of carboxylic acid groups (broad SMARTS) is 2. The van der Waals surface area contributed by atoms with Gasteiger partial charge in [-0.25, -0.2) is 4.79 Å². The monoisotopic (exact) mass is 467 g/mol. The lowest BCUT2D eigenvalue weighted by atomic mass is 9.65. The molecule has 7 nitrogen and oxygen atoms in total. The summed E-state index contributed by atoms with van der Waals surface area (Å²) in [6, 6.07) is 15.9. The number of hydrogen-bond acceptors (Lipinski definition) is 4. The van der Waals surface area contributed by atoms with Gasteiger partial charge in [0.2, 0.25) is 5.91 Å². The molecule has 1 aliphatic rings. The van der Waals surface area contributed by atoms with Crippen LogP contribution >= 0.6 is 0 Å². The van der Waals surface area contributed by atoms with Crippen LogP contribution in [0.3, 0.4) is 0 Å². The van der Waals surface area contributed by atoms with E-state index < -0.39 is 34.7 Å². The normalized spacial score (nSPS) is 22.1. The lowest BCUT2D eigenvalue weighted by Crippen LogP contribution is -2.50. The molecule has 0 spiro atoms. The maximum absolute atomic E-state index is 13.3. The van der Waals surface area contributed by atoms with Crippen molar-refractivity contribution in [2.24, 2.45) is 16.7 Å². The fourth-order valence-corrected chi connectivity index (χ4v) is 4.79. The predicted octanol–water partition coefficient (Wildman–Crippen LogP) is 4.25. The third-order valence-corrected chi connectivity index (χ3v) is 7.70. The molecule has 3 rings (SSSR count). The first-order chi connectivity index (χ1) is 16.0. The van der Waals surface area contributed by atoms with Crippen LogP contribution in [0.5, 0.6) is 5.75 Å². The van der Waals surface area contributed by atoms with Crippen LogP contribution in [0.4, 0.5) is 0 Å². The van der Waals surface area contributed by atoms with Crippen molar-refractivity contribution in [1.29, 1.82) is 0 Å². The Bertz CT molecular complexity index is 1030. The molecule has 2 N–H and O–H groups in total. The van der Waals surface area contributed by atoms with E-state index in [1.54, 1.807) is 45.0 Å². The highest BCUT2D eigenvalue weighted by Crippen LogP contribution is 2.56. The SMILES string of the molecule is CN(C(=O)C1CCC(C)(C(=O)O)C1(C)C)[C@@H](Cc1ccc(OCc2ccccc2)cc1)C(=O)O. The molecule has 0 saturated heterocycles. The highest BCUT2D eigenvalue weighted by Gasteiger charge is 2.59. The van der Waals surface area contributed by atoms with Gasteiger partial charge in [0.05, 0.1) is 5.41 Å². The predicted molar refractivity (Wildman–Crippen MR) is 127 cm³/mol. The third-order valence-electron chi connectivity index (χ3n) is 7.70. The van der Waals surface area contributed by atoms with Crippen molar-refractivity contribution in [3.05, 3.63) is 65.7 Å². The lowest BCUT2D eigenvalue weighted by Gasteiger charge is -2.39. The van der Waals surface area contributed by atoms with Gasteiger partial charge in [0, 0.05) is 19.4 Å². The van der Waals surface area contributed by atoms with E-state index in [0.29, 0.717) is 25.2 Å². The van der Waals surface area contributed by atoms with E-state index >= 15 is 0 Å². The van der Waals surface area contributed by atoms with Crippen molar-refractivity contribution in [1.82, 2.24) is 4.90 Å². The zero-order valence-corrected chi connectivity index (χ0v) is 20.2. The molecule has 0 bridgehead atoms. The lowest BCUT2D eigenvalue weighted by molar-refractivity contribution is -0.159. The number of likely N-dealkylation sites (N-methyl/N-ethyl adjacent to an activating group) is 1. The summed E-state index contributed by atoms with van der Waals surface area (Å²) in [7, 11) is 1.49. The minimum atomic E-state index is -1.10. The van der Waals surface area contributed by atoms with Crippen molar-refractivity contribution in [2.45, 2.75) is 52.7 Å². The van der Waals surface area contributed by atoms with Crippen molar-refractivity contribution in [3.8, 4) is 5.75 Å². The maximum atomic E-state index is 13.3. The van der Waals surface area contributed by atoms with Crippen LogP contribution in [0.25, 0.3) is 0 Å². The Hall–Kier alpha value is -3.35. The second-order valence-corrected chi connectivity index (χ2v) is 9.88. The minimum Gasteiger partial charge on any atom is -0.489 e. The van der Waals surface area contributed by atoms with E-state index in [1.165, 1.54) is 11.9 Å². The molecule has 3 atom stereocenters. The average Bonchev–Trinajstić information content (AvgIpc) is 3.06. The summed E-state index contributed by atoms with van der Waals surface area (Å²) in [5.41, 5.74) is -0.0281. The van der Waals surface area contributed by atoms with Crippen LogP contribution in [0, 0.1) is 16.7 Å². The topological polar surface area (TPSA) is 104 Å². The summed E-state index contributed by atoms with van der Waals surface area (Å²) < 4.78 is 5.79. The van der Waals surface area contributed by atoms with Gasteiger partial charge in [0.25, 0.3) is 0 Å². The first-order valence-electron chi connectivity index (χ1n) is 11.5. The summed E-state index contributed by atoms with van der Waals surface area (Å²) in [5, 5.41) is 19.6. The van der Waals surface area contributed by atoms with Crippen molar-refractivity contribution < 1.29 is 29.3 Å². The number of nitrogens with zero attached hydrogens (tertiary/aromatic N) is 1. The van der Waals surface area contributed by atoms with Gasteiger partial charge in [-0.2, -0.15) is 0 Å². The number of carbonyl (C=O) groups is 3. The number of carbonyl (C=O) groups excluding carboxylic acids is 1. The van der Waals surface area contributed by atoms with Gasteiger partial charge in [-0.15, -0.1) is 0 Å². The molecule has 7 heteroatoms. The van der Waals surface area contributed by atoms with Crippen molar-refractivity contribution in [3.63, 3.8) is 0 Å². The number of carboxylic acids is 2. The van der Waals surface area contributed by atoms with Crippen LogP contribution in [0.15, 0.2) is 54.6 Å². The second kappa shape index (κ2) is 9.87. The van der Waals surface area contributed by atoms with Crippen LogP contribution in [0.1, 0.15) is 44.7 Å². The van der Waals surface area contributed by atoms with E-state index in [4.69, 9.17) is 4.74 Å². The molecule has 1 saturated carbocycles. The molecule has 0 aliphatic heterocycles. The number of hydrogen-bond donors (Lipinski definition) is 2. The molecule has 2 unspecified atom stereocenters. The molecule has 1 fully saturated rings. The minimum absolute atomic E-state index is 0.139. The first-order valence-corrected chi connectivity index (χ1v) is 11.5. The summed E-state index contributed by atoms with van der Waals surface area (Å²) in [6.45, 7) is 5.67. The highest BCUT2D eigenvalue weighted by molar-refractivity contribution is 5.87. The average molecular weight is 468 g/mol. The highest BCUT2D eigenvalue weighted by atomic mass is 16.5. The zero-order valence-electron chi connectivity index (χ0n) is 20.2. The third kappa shape index (κ3) is 4.93. The van der Waals surface area contributed by atoms with E-state index in [0.717, 1.165) is 11.1 Å². The fourth-order valence-electron chi connectivity index (χ4n) is 4.79. The Kier molecular flexibility index (Phi) is 7.34. The maximum Gasteiger partial charge on any atom is 0.326 e. The number of rotatable bonds is 9. The Labute approximate surface area is 200 Å². The number of aliphatic carboxylic acids is 2. The molecule has 1 amide bonds. The molecule has 182 valence electrons. The molecule has 0 aromatic heterocycles. The van der Waals surface area contributed by atoms with E-state index in [1.807, 2.05) is 30.3 Å². The standard InChI is InChI=1S/C27H33NO6/c1-26(2)21(14-15-27(26,3)25(32)33)23(29)28(4)22(24(30)31)16-18-10-12-20(13-11-18)34-17-19-8-6-5-7-9-19/h5-13,21-22H,14-17H2,1-4H3,(H,30,31)(H,32,33)/t21?,22-,27?/m0/s1. The summed E-state index contributed by atoms with van der Waals surface area (Å²) >= 11 is 0. The van der Waals surface area contributed by atoms with Crippen molar-refractivity contribution >= 4 is 17.8 Å². The second-order valence-electron chi connectivity index (χ2n) is 9.88. The molecule has 1 aliphatic carbocycles. The van der Waals surface area contributed by atoms with E-state index in [-0.39, 0.29) is 12.3 Å². The van der Waals surface area contributed by atoms with Crippen molar-refractivity contribution in [2.75, 3.05) is 7.05 Å². The smallest absolute Gasteiger partial charge is 0.326 e. The Morgan fingerprint density at radius 2 is 1.62 bits per heavy atom. The Morgan fingerprint density at radius 3 is 2.15 bits per heavy atom. The molecular formula is C27H33NO6. The van der Waals surface area contributed by atoms with Gasteiger partial charge < -0.3 is 19.8 Å². The molecule has 2 aromatic carbocycles. The first kappa shape index (κ1) is 25.3. The summed E-state index contributed by atoms with van der Waals surface area (Å²) in [5.74, 6) is -2.25. The van der Waals surface area contributed by atoms with Crippen LogP contribution < -0.4 is 4.74 Å². The van der Waals surface area contributed by atoms with Crippen LogP contribution in [-0.4, -0.2) is 46.0 Å². The molecule has 0 heterocycles. The zero-order chi connectivity index (χ0) is 25.1. The van der Waals surface area contributed by atoms with Gasteiger partial charge in [-0.05, 0) is 48.4 Å². The summed E-state index contributed by atoms with van der Waals surface area (Å²) in [4.78, 5) is 38.6. The van der Waals surface area contributed by atoms with Gasteiger partial charge in [0.15, 0.2) is 0 Å². The van der Waals surface area contributed by atoms with Gasteiger partial charge in [-0.3, -0.25) is 9.59 Å². The Balaban J connectivity index is 1.68. The number of amides is 1. The Morgan fingerprint density at radius 1 is 1.00 bits per heavy atom. The van der Waals surface area contributed by atoms with Gasteiger partial charge in [0.1, 0.15) is 18.4 Å². The number of ether oxygens (including phenoxy) is 1. The molecular weight excluding hydrogens is 434 g/mol. The van der Waals surface area contributed by atoms with Gasteiger partial charge in [-0.1, -0.05) is 56.3 Å². The molecule has 34 heavy (non-hydrogen) atoms.